The van der Waals surface area contributed by atoms with E-state index in [1.165, 1.54) is 9.71 Å². The highest BCUT2D eigenvalue weighted by Gasteiger charge is 2.28. The van der Waals surface area contributed by atoms with Crippen LogP contribution < -0.4 is 10.2 Å². The molecule has 2 aromatic carbocycles. The summed E-state index contributed by atoms with van der Waals surface area (Å²) in [6.45, 7) is 6.33. The molecule has 29 heavy (non-hydrogen) atoms. The van der Waals surface area contributed by atoms with E-state index in [0.29, 0.717) is 32.7 Å². The third kappa shape index (κ3) is 6.00. The second kappa shape index (κ2) is 9.35. The molecule has 7 heteroatoms. The first kappa shape index (κ1) is 21.2. The fourth-order valence-electron chi connectivity index (χ4n) is 3.34. The first-order valence-electron chi connectivity index (χ1n) is 9.77. The van der Waals surface area contributed by atoms with Crippen molar-refractivity contribution in [3.8, 4) is 0 Å². The average Bonchev–Trinajstić information content (AvgIpc) is 2.70. The molecule has 2 aromatic rings. The first-order chi connectivity index (χ1) is 13.8. The second-order valence-electron chi connectivity index (χ2n) is 7.45. The Hall–Kier alpha value is -2.48. The Balaban J connectivity index is 1.51. The number of anilines is 1. The third-order valence-corrected chi connectivity index (χ3v) is 6.66. The zero-order valence-electron chi connectivity index (χ0n) is 16.9. The van der Waals surface area contributed by atoms with Crippen LogP contribution in [0.3, 0.4) is 0 Å². The van der Waals surface area contributed by atoms with Gasteiger partial charge in [-0.3, -0.25) is 4.79 Å². The quantitative estimate of drug-likeness (QED) is 0.752. The van der Waals surface area contributed by atoms with Crippen LogP contribution in [-0.4, -0.2) is 51.4 Å². The number of nitrogens with zero attached hydrogens (tertiary/aromatic N) is 1. The van der Waals surface area contributed by atoms with Gasteiger partial charge in [0.05, 0.1) is 26.2 Å². The van der Waals surface area contributed by atoms with Crippen molar-refractivity contribution < 1.29 is 18.1 Å². The summed E-state index contributed by atoms with van der Waals surface area (Å²) in [4.78, 5) is 13.5. The minimum absolute atomic E-state index is 0.0472. The topological polar surface area (TPSA) is 70.9 Å². The van der Waals surface area contributed by atoms with Crippen LogP contribution in [0, 0.1) is 13.8 Å². The molecule has 0 aromatic heterocycles. The number of hydrogen-bond acceptors (Lipinski definition) is 3. The Kier molecular flexibility index (Phi) is 6.84. The number of carbonyl (C=O) groups is 1. The minimum Gasteiger partial charge on any atom is -0.325 e. The van der Waals surface area contributed by atoms with Crippen LogP contribution in [0.25, 0.3) is 6.08 Å². The zero-order chi connectivity index (χ0) is 20.9. The molecule has 0 unspecified atom stereocenters. The molecule has 0 spiro atoms. The van der Waals surface area contributed by atoms with Gasteiger partial charge in [0.15, 0.2) is 6.54 Å². The van der Waals surface area contributed by atoms with E-state index in [2.05, 4.69) is 5.32 Å². The van der Waals surface area contributed by atoms with Crippen molar-refractivity contribution in [3.05, 3.63) is 70.6 Å². The van der Waals surface area contributed by atoms with Crippen molar-refractivity contribution in [2.24, 2.45) is 0 Å². The smallest absolute Gasteiger partial charge is 0.279 e. The number of piperazine rings is 1. The molecule has 0 atom stereocenters. The summed E-state index contributed by atoms with van der Waals surface area (Å²) in [5.74, 6) is -0.0472. The number of hydrogen-bond donors (Lipinski definition) is 2. The number of nitrogens with one attached hydrogen (secondary N) is 2. The zero-order valence-corrected chi connectivity index (χ0v) is 17.7. The lowest BCUT2D eigenvalue weighted by molar-refractivity contribution is -0.895. The van der Waals surface area contributed by atoms with E-state index in [9.17, 15) is 13.2 Å². The SMILES string of the molecule is Cc1ccc(C)c(NC(=O)C[NH+]2CCN(S(=O)(=O)/C=C/c3ccccc3)CC2)c1. The van der Waals surface area contributed by atoms with Crippen molar-refractivity contribution in [1.82, 2.24) is 4.31 Å². The van der Waals surface area contributed by atoms with Gasteiger partial charge in [0.2, 0.25) is 10.0 Å². The molecule has 1 aliphatic rings. The number of amides is 1. The van der Waals surface area contributed by atoms with Gasteiger partial charge in [-0.2, -0.15) is 4.31 Å². The number of quaternary nitrogens is 1. The number of sulfonamides is 1. The molecule has 6 nitrogen and oxygen atoms in total. The van der Waals surface area contributed by atoms with Crippen LogP contribution >= 0.6 is 0 Å². The number of rotatable bonds is 6. The molecule has 1 aliphatic heterocycles. The van der Waals surface area contributed by atoms with E-state index in [1.54, 1.807) is 6.08 Å². The van der Waals surface area contributed by atoms with Gasteiger partial charge in [0, 0.05) is 11.1 Å². The summed E-state index contributed by atoms with van der Waals surface area (Å²) in [5.41, 5.74) is 3.81. The molecule has 0 aliphatic carbocycles. The van der Waals surface area contributed by atoms with E-state index in [1.807, 2.05) is 62.4 Å². The van der Waals surface area contributed by atoms with Gasteiger partial charge in [-0.25, -0.2) is 8.42 Å². The molecule has 0 radical (unpaired) electrons. The van der Waals surface area contributed by atoms with Crippen LogP contribution in [-0.2, 0) is 14.8 Å². The lowest BCUT2D eigenvalue weighted by Crippen LogP contribution is -3.15. The molecule has 0 bridgehead atoms. The van der Waals surface area contributed by atoms with Gasteiger partial charge in [0.1, 0.15) is 0 Å². The summed E-state index contributed by atoms with van der Waals surface area (Å²) in [5, 5.41) is 4.24. The monoisotopic (exact) mass is 414 g/mol. The van der Waals surface area contributed by atoms with Gasteiger partial charge in [0.25, 0.3) is 5.91 Å². The minimum atomic E-state index is -3.45. The third-order valence-electron chi connectivity index (χ3n) is 5.10. The van der Waals surface area contributed by atoms with Crippen molar-refractivity contribution in [2.45, 2.75) is 13.8 Å². The maximum atomic E-state index is 12.5. The van der Waals surface area contributed by atoms with Crippen molar-refractivity contribution in [1.29, 1.82) is 0 Å². The summed E-state index contributed by atoms with van der Waals surface area (Å²) < 4.78 is 26.6. The van der Waals surface area contributed by atoms with E-state index < -0.39 is 10.0 Å². The predicted molar refractivity (Wildman–Crippen MR) is 116 cm³/mol. The van der Waals surface area contributed by atoms with Gasteiger partial charge in [-0.1, -0.05) is 42.5 Å². The fourth-order valence-corrected chi connectivity index (χ4v) is 4.53. The predicted octanol–water partition coefficient (Wildman–Crippen LogP) is 1.44. The van der Waals surface area contributed by atoms with E-state index in [4.69, 9.17) is 0 Å². The Morgan fingerprint density at radius 1 is 1.10 bits per heavy atom. The Morgan fingerprint density at radius 2 is 1.79 bits per heavy atom. The first-order valence-corrected chi connectivity index (χ1v) is 11.3. The van der Waals surface area contributed by atoms with Gasteiger partial charge in [-0.15, -0.1) is 0 Å². The number of aryl methyl sites for hydroxylation is 2. The molecular weight excluding hydrogens is 386 g/mol. The molecule has 154 valence electrons. The van der Waals surface area contributed by atoms with Gasteiger partial charge in [-0.05, 0) is 42.7 Å². The van der Waals surface area contributed by atoms with Crippen LogP contribution in [0.5, 0.6) is 0 Å². The largest absolute Gasteiger partial charge is 0.325 e. The standard InChI is InChI=1S/C22H27N3O3S/c1-18-8-9-19(2)21(16-18)23-22(26)17-24-11-13-25(14-12-24)29(27,28)15-10-20-6-4-3-5-7-20/h3-10,15-16H,11-14,17H2,1-2H3,(H,23,26)/p+1/b15-10+. The Labute approximate surface area is 172 Å². The van der Waals surface area contributed by atoms with Crippen molar-refractivity contribution in [2.75, 3.05) is 38.0 Å². The lowest BCUT2D eigenvalue weighted by atomic mass is 10.1. The summed E-state index contributed by atoms with van der Waals surface area (Å²) >= 11 is 0. The molecule has 0 saturated carbocycles. The summed E-state index contributed by atoms with van der Waals surface area (Å²) in [7, 11) is -3.45. The highest BCUT2D eigenvalue weighted by molar-refractivity contribution is 7.92. The molecule has 1 heterocycles. The molecule has 2 N–H and O–H groups in total. The van der Waals surface area contributed by atoms with Crippen LogP contribution in [0.2, 0.25) is 0 Å². The second-order valence-corrected chi connectivity index (χ2v) is 9.27. The molecule has 1 amide bonds. The van der Waals surface area contributed by atoms with Gasteiger partial charge >= 0.3 is 0 Å². The molecule has 1 fully saturated rings. The fraction of sp³-hybridized carbons (Fsp3) is 0.318. The maximum absolute atomic E-state index is 12.5. The summed E-state index contributed by atoms with van der Waals surface area (Å²) in [6, 6.07) is 15.3. The van der Waals surface area contributed by atoms with Crippen LogP contribution in [0.1, 0.15) is 16.7 Å². The van der Waals surface area contributed by atoms with E-state index >= 15 is 0 Å². The lowest BCUT2D eigenvalue weighted by Gasteiger charge is -2.30. The molecule has 3 rings (SSSR count). The van der Waals surface area contributed by atoms with Crippen molar-refractivity contribution in [3.63, 3.8) is 0 Å². The van der Waals surface area contributed by atoms with Crippen molar-refractivity contribution >= 4 is 27.7 Å². The normalized spacial score (nSPS) is 16.2. The van der Waals surface area contributed by atoms with Gasteiger partial charge < -0.3 is 10.2 Å². The maximum Gasteiger partial charge on any atom is 0.279 e. The number of benzene rings is 2. The van der Waals surface area contributed by atoms with E-state index in [0.717, 1.165) is 27.3 Å². The number of carbonyl (C=O) groups excluding carboxylic acids is 1. The van der Waals surface area contributed by atoms with E-state index in [-0.39, 0.29) is 5.91 Å². The Bertz CT molecular complexity index is 980. The Morgan fingerprint density at radius 3 is 2.48 bits per heavy atom. The van der Waals surface area contributed by atoms with Crippen LogP contribution in [0.15, 0.2) is 53.9 Å². The molecule has 1 saturated heterocycles. The molecular formula is C22H28N3O3S+. The highest BCUT2D eigenvalue weighted by atomic mass is 32.2. The summed E-state index contributed by atoms with van der Waals surface area (Å²) in [6.07, 6.45) is 1.62. The highest BCUT2D eigenvalue weighted by Crippen LogP contribution is 2.16. The van der Waals surface area contributed by atoms with Crippen LogP contribution in [0.4, 0.5) is 5.69 Å². The average molecular weight is 415 g/mol.